The molecule has 40 heavy (non-hydrogen) atoms. The van der Waals surface area contributed by atoms with Crippen molar-refractivity contribution in [2.45, 2.75) is 64.2 Å². The molecule has 0 nitrogen and oxygen atoms in total. The van der Waals surface area contributed by atoms with Gasteiger partial charge in [-0.1, -0.05) is 60.7 Å². The smallest absolute Gasteiger partial charge is 0.0132 e. The molecular weight excluding hydrogens is 480 g/mol. The summed E-state index contributed by atoms with van der Waals surface area (Å²) in [5.41, 5.74) is 20.1. The van der Waals surface area contributed by atoms with E-state index in [1.807, 2.05) is 0 Å². The highest BCUT2D eigenvalue weighted by Crippen LogP contribution is 2.59. The lowest BCUT2D eigenvalue weighted by Crippen LogP contribution is -2.39. The van der Waals surface area contributed by atoms with Gasteiger partial charge in [0.05, 0.1) is 0 Å². The summed E-state index contributed by atoms with van der Waals surface area (Å²) < 4.78 is 0. The van der Waals surface area contributed by atoms with Gasteiger partial charge >= 0.3 is 0 Å². The van der Waals surface area contributed by atoms with E-state index in [1.54, 1.807) is 77.3 Å². The SMILES string of the molecule is C1=CC2=C3C(=CC4=C5C6=CC7=C(CC6CC5CC=C4C3C1)c1c(ccc3c1=CC1CCC4CC=CC=3C14)C7)CC2. The first-order valence-electron chi connectivity index (χ1n) is 16.3. The lowest BCUT2D eigenvalue weighted by atomic mass is 9.69. The summed E-state index contributed by atoms with van der Waals surface area (Å²) in [5.74, 6) is 4.49. The fourth-order valence-corrected chi connectivity index (χ4v) is 11.4. The van der Waals surface area contributed by atoms with Crippen LogP contribution in [0.5, 0.6) is 0 Å². The summed E-state index contributed by atoms with van der Waals surface area (Å²) in [5, 5.41) is 3.18. The van der Waals surface area contributed by atoms with E-state index in [1.165, 1.54) is 57.8 Å². The Morgan fingerprint density at radius 2 is 1.77 bits per heavy atom. The van der Waals surface area contributed by atoms with Gasteiger partial charge in [-0.25, -0.2) is 0 Å². The van der Waals surface area contributed by atoms with E-state index >= 15 is 0 Å². The maximum atomic E-state index is 2.75. The molecule has 2 saturated carbocycles. The second kappa shape index (κ2) is 7.39. The molecule has 0 heterocycles. The monoisotopic (exact) mass is 516 g/mol. The van der Waals surface area contributed by atoms with Crippen LogP contribution in [0, 0.1) is 35.5 Å². The summed E-state index contributed by atoms with van der Waals surface area (Å²) in [7, 11) is 0. The van der Waals surface area contributed by atoms with Crippen molar-refractivity contribution < 1.29 is 0 Å². The molecule has 10 aliphatic rings. The van der Waals surface area contributed by atoms with Gasteiger partial charge in [-0.05, 0) is 171 Å². The van der Waals surface area contributed by atoms with Crippen molar-refractivity contribution in [3.05, 3.63) is 121 Å². The molecule has 0 amide bonds. The zero-order chi connectivity index (χ0) is 25.7. The minimum absolute atomic E-state index is 0.632. The summed E-state index contributed by atoms with van der Waals surface area (Å²) in [4.78, 5) is 0. The third-order valence-corrected chi connectivity index (χ3v) is 12.8. The second-order valence-electron chi connectivity index (χ2n) is 14.5. The largest absolute Gasteiger partial charge is 0.0839 e. The van der Waals surface area contributed by atoms with Gasteiger partial charge in [0.15, 0.2) is 0 Å². The Kier molecular flexibility index (Phi) is 3.99. The number of hydrogen-bond donors (Lipinski definition) is 0. The van der Waals surface area contributed by atoms with Gasteiger partial charge in [-0.3, -0.25) is 0 Å². The van der Waals surface area contributed by atoms with E-state index in [2.05, 4.69) is 60.7 Å². The molecule has 6 unspecified atom stereocenters. The van der Waals surface area contributed by atoms with Crippen LogP contribution < -0.4 is 10.4 Å². The van der Waals surface area contributed by atoms with Gasteiger partial charge in [0, 0.05) is 5.92 Å². The third kappa shape index (κ3) is 2.57. The van der Waals surface area contributed by atoms with Crippen molar-refractivity contribution in [2.24, 2.45) is 35.5 Å². The number of hydrogen-bond acceptors (Lipinski definition) is 0. The zero-order valence-corrected chi connectivity index (χ0v) is 23.3. The maximum absolute atomic E-state index is 2.75. The van der Waals surface area contributed by atoms with Gasteiger partial charge in [0.2, 0.25) is 0 Å². The lowest BCUT2D eigenvalue weighted by molar-refractivity contribution is 0.436. The minimum Gasteiger partial charge on any atom is -0.0839 e. The van der Waals surface area contributed by atoms with Gasteiger partial charge in [-0.2, -0.15) is 0 Å². The fourth-order valence-electron chi connectivity index (χ4n) is 11.4. The van der Waals surface area contributed by atoms with E-state index < -0.39 is 0 Å². The molecule has 0 bridgehead atoms. The molecule has 6 atom stereocenters. The normalized spacial score (nSPS) is 36.6. The number of rotatable bonds is 0. The minimum atomic E-state index is 0.632. The third-order valence-electron chi connectivity index (χ3n) is 12.8. The van der Waals surface area contributed by atoms with Crippen molar-refractivity contribution in [1.29, 1.82) is 0 Å². The Balaban J connectivity index is 1.08. The number of benzene rings is 1. The molecule has 1 aromatic rings. The summed E-state index contributed by atoms with van der Waals surface area (Å²) in [6, 6.07) is 5.01. The van der Waals surface area contributed by atoms with Crippen LogP contribution in [0.25, 0.3) is 17.2 Å². The molecule has 0 heteroatoms. The molecule has 0 saturated heterocycles. The van der Waals surface area contributed by atoms with Crippen LogP contribution in [-0.4, -0.2) is 0 Å². The van der Waals surface area contributed by atoms with Crippen molar-refractivity contribution in [3.8, 4) is 0 Å². The second-order valence-corrected chi connectivity index (χ2v) is 14.5. The van der Waals surface area contributed by atoms with Gasteiger partial charge in [0.25, 0.3) is 0 Å². The van der Waals surface area contributed by atoms with Crippen molar-refractivity contribution in [3.63, 3.8) is 0 Å². The molecule has 2 fully saturated rings. The summed E-state index contributed by atoms with van der Waals surface area (Å²) >= 11 is 0. The van der Waals surface area contributed by atoms with Crippen LogP contribution in [0.3, 0.4) is 0 Å². The molecule has 196 valence electrons. The van der Waals surface area contributed by atoms with Crippen LogP contribution >= 0.6 is 0 Å². The molecule has 0 radical (unpaired) electrons. The summed E-state index contributed by atoms with van der Waals surface area (Å²) in [6.45, 7) is 0. The van der Waals surface area contributed by atoms with Gasteiger partial charge in [-0.15, -0.1) is 0 Å². The lowest BCUT2D eigenvalue weighted by Gasteiger charge is -2.35. The molecule has 0 N–H and O–H groups in total. The Hall–Kier alpha value is -3.12. The van der Waals surface area contributed by atoms with Crippen molar-refractivity contribution >= 4 is 17.2 Å². The first-order valence-corrected chi connectivity index (χ1v) is 16.3. The highest BCUT2D eigenvalue weighted by molar-refractivity contribution is 5.84. The predicted octanol–water partition coefficient (Wildman–Crippen LogP) is 7.74. The molecule has 0 spiro atoms. The van der Waals surface area contributed by atoms with Crippen LogP contribution in [0.15, 0.2) is 99.2 Å². The highest BCUT2D eigenvalue weighted by Gasteiger charge is 2.45. The number of fused-ring (bicyclic) bond motifs is 9. The van der Waals surface area contributed by atoms with Crippen LogP contribution in [0.4, 0.5) is 0 Å². The van der Waals surface area contributed by atoms with E-state index in [0.717, 1.165) is 30.1 Å². The molecule has 1 aromatic carbocycles. The average Bonchev–Trinajstić information content (AvgIpc) is 3.76. The molecular formula is C40H36. The van der Waals surface area contributed by atoms with Crippen LogP contribution in [-0.2, 0) is 6.42 Å². The van der Waals surface area contributed by atoms with E-state index in [-0.39, 0.29) is 0 Å². The first-order chi connectivity index (χ1) is 19.8. The van der Waals surface area contributed by atoms with Gasteiger partial charge < -0.3 is 0 Å². The highest BCUT2D eigenvalue weighted by atomic mass is 14.5. The predicted molar refractivity (Wildman–Crippen MR) is 163 cm³/mol. The van der Waals surface area contributed by atoms with Crippen molar-refractivity contribution in [2.75, 3.05) is 0 Å². The van der Waals surface area contributed by atoms with E-state index in [4.69, 9.17) is 0 Å². The quantitative estimate of drug-likeness (QED) is 0.331. The summed E-state index contributed by atoms with van der Waals surface area (Å²) in [6.07, 6.45) is 33.5. The van der Waals surface area contributed by atoms with Crippen LogP contribution in [0.1, 0.15) is 68.9 Å². The standard InChI is InChI=1S/C40H36/c1-3-21-7-9-25-17-35-29(31(5-1)37(21)25)13-11-23-15-27-20-34-28(19-33(27)39(23)35)16-24-12-14-30-32-6-2-4-22-8-10-26(38(22)32)18-36(30)40(24)34/h1-3,6,12-14,17-19,22-23,26-27,31,38H,4-5,7-11,15-16,20H2. The van der Waals surface area contributed by atoms with Gasteiger partial charge in [0.1, 0.15) is 0 Å². The maximum Gasteiger partial charge on any atom is 0.0132 e. The fraction of sp³-hybridized carbons (Fsp3) is 0.400. The molecule has 0 aromatic heterocycles. The number of allylic oxidation sites excluding steroid dienone is 16. The Morgan fingerprint density at radius 3 is 2.77 bits per heavy atom. The molecule has 10 aliphatic carbocycles. The zero-order valence-electron chi connectivity index (χ0n) is 23.3. The average molecular weight is 517 g/mol. The Bertz CT molecular complexity index is 1870. The Morgan fingerprint density at radius 1 is 0.800 bits per heavy atom. The van der Waals surface area contributed by atoms with Crippen molar-refractivity contribution in [1.82, 2.24) is 0 Å². The van der Waals surface area contributed by atoms with Crippen LogP contribution in [0.2, 0.25) is 0 Å². The molecule has 0 aliphatic heterocycles. The first kappa shape index (κ1) is 21.6. The topological polar surface area (TPSA) is 0 Å². The van der Waals surface area contributed by atoms with E-state index in [0.29, 0.717) is 11.8 Å². The van der Waals surface area contributed by atoms with E-state index in [9.17, 15) is 0 Å². The Labute approximate surface area is 237 Å². The molecule has 11 rings (SSSR count).